The van der Waals surface area contributed by atoms with Crippen molar-refractivity contribution in [3.63, 3.8) is 0 Å². The van der Waals surface area contributed by atoms with Crippen LogP contribution in [0.1, 0.15) is 13.3 Å². The van der Waals surface area contributed by atoms with E-state index in [1.807, 2.05) is 13.0 Å². The van der Waals surface area contributed by atoms with E-state index in [9.17, 15) is 0 Å². The van der Waals surface area contributed by atoms with E-state index >= 15 is 0 Å². The zero-order valence-electron chi connectivity index (χ0n) is 4.25. The second-order valence-corrected chi connectivity index (χ2v) is 1.95. The molecule has 0 aliphatic heterocycles. The van der Waals surface area contributed by atoms with Crippen molar-refractivity contribution in [3.05, 3.63) is 11.1 Å². The highest BCUT2D eigenvalue weighted by molar-refractivity contribution is 6.35. The Kier molecular flexibility index (Phi) is 4.68. The van der Waals surface area contributed by atoms with Gasteiger partial charge in [0.25, 0.3) is 0 Å². The third kappa shape index (κ3) is 4.17. The van der Waals surface area contributed by atoms with Gasteiger partial charge in [0.1, 0.15) is 0 Å². The van der Waals surface area contributed by atoms with Crippen molar-refractivity contribution in [2.24, 2.45) is 0 Å². The van der Waals surface area contributed by atoms with Gasteiger partial charge in [0.05, 0.1) is 5.88 Å². The van der Waals surface area contributed by atoms with E-state index in [2.05, 4.69) is 0 Å². The average Bonchev–Trinajstić information content (AvgIpc) is 1.68. The Hall–Kier alpha value is 0.320. The summed E-state index contributed by atoms with van der Waals surface area (Å²) >= 11 is 10.8. The van der Waals surface area contributed by atoms with Crippen LogP contribution in [0.4, 0.5) is 0 Å². The Labute approximate surface area is 54.1 Å². The van der Waals surface area contributed by atoms with E-state index in [4.69, 9.17) is 23.2 Å². The topological polar surface area (TPSA) is 0 Å². The van der Waals surface area contributed by atoms with Crippen LogP contribution in [-0.4, -0.2) is 5.88 Å². The molecule has 42 valence electrons. The molecule has 0 rings (SSSR count). The van der Waals surface area contributed by atoms with E-state index in [0.717, 1.165) is 11.5 Å². The predicted molar refractivity (Wildman–Crippen MR) is 34.9 cm³/mol. The summed E-state index contributed by atoms with van der Waals surface area (Å²) in [5.74, 6) is 0.440. The fourth-order valence-electron chi connectivity index (χ4n) is 0.276. The number of rotatable bonds is 2. The third-order valence-electron chi connectivity index (χ3n) is 0.553. The van der Waals surface area contributed by atoms with Crippen LogP contribution in [0.5, 0.6) is 0 Å². The minimum Gasteiger partial charge on any atom is -0.121 e. The molecule has 0 spiro atoms. The molecule has 0 aromatic carbocycles. The highest BCUT2D eigenvalue weighted by Crippen LogP contribution is 2.03. The Morgan fingerprint density at radius 1 is 1.71 bits per heavy atom. The highest BCUT2D eigenvalue weighted by atomic mass is 35.5. The van der Waals surface area contributed by atoms with Gasteiger partial charge >= 0.3 is 0 Å². The maximum Gasteiger partial charge on any atom is 0.0578 e. The number of hydrogen-bond acceptors (Lipinski definition) is 0. The van der Waals surface area contributed by atoms with Crippen LogP contribution >= 0.6 is 23.2 Å². The van der Waals surface area contributed by atoms with Crippen molar-refractivity contribution in [2.75, 3.05) is 5.88 Å². The van der Waals surface area contributed by atoms with E-state index in [0.29, 0.717) is 5.88 Å². The maximum absolute atomic E-state index is 5.49. The largest absolute Gasteiger partial charge is 0.121 e. The monoisotopic (exact) mass is 138 g/mol. The number of halogens is 2. The molecule has 0 fully saturated rings. The molecule has 0 atom stereocenters. The van der Waals surface area contributed by atoms with Gasteiger partial charge in [0.2, 0.25) is 0 Å². The second kappa shape index (κ2) is 4.48. The second-order valence-electron chi connectivity index (χ2n) is 1.19. The van der Waals surface area contributed by atoms with Gasteiger partial charge in [0.15, 0.2) is 0 Å². The smallest absolute Gasteiger partial charge is 0.0578 e. The predicted octanol–water partition coefficient (Wildman–Crippen LogP) is 2.76. The van der Waals surface area contributed by atoms with Crippen LogP contribution in [0, 0.1) is 0 Å². The Morgan fingerprint density at radius 3 is 2.43 bits per heavy atom. The molecule has 0 heterocycles. The first kappa shape index (κ1) is 7.32. The zero-order chi connectivity index (χ0) is 5.70. The van der Waals surface area contributed by atoms with Gasteiger partial charge < -0.3 is 0 Å². The van der Waals surface area contributed by atoms with E-state index in [1.54, 1.807) is 0 Å². The van der Waals surface area contributed by atoms with E-state index in [-0.39, 0.29) is 0 Å². The Morgan fingerprint density at radius 2 is 2.29 bits per heavy atom. The molecule has 0 aliphatic carbocycles. The third-order valence-corrected chi connectivity index (χ3v) is 1.27. The van der Waals surface area contributed by atoms with Crippen LogP contribution in [0.3, 0.4) is 0 Å². The summed E-state index contributed by atoms with van der Waals surface area (Å²) in [6.07, 6.45) is 2.86. The van der Waals surface area contributed by atoms with Gasteiger partial charge in [-0.15, -0.1) is 11.6 Å². The van der Waals surface area contributed by atoms with Crippen molar-refractivity contribution in [1.29, 1.82) is 0 Å². The standard InChI is InChI=1S/C5H8Cl2/c1-2-3-5(7)4-6/h3H,2,4H2,1H3/b5-3-. The van der Waals surface area contributed by atoms with Gasteiger partial charge in [-0.25, -0.2) is 0 Å². The Balaban J connectivity index is 3.29. The lowest BCUT2D eigenvalue weighted by Crippen LogP contribution is -1.68. The average molecular weight is 139 g/mol. The molecule has 0 saturated carbocycles. The SMILES string of the molecule is CC/C=C(\Cl)CCl. The van der Waals surface area contributed by atoms with Crippen molar-refractivity contribution in [2.45, 2.75) is 13.3 Å². The molecule has 0 aromatic heterocycles. The lowest BCUT2D eigenvalue weighted by Gasteiger charge is -1.83. The summed E-state index contributed by atoms with van der Waals surface area (Å²) in [6, 6.07) is 0. The van der Waals surface area contributed by atoms with Gasteiger partial charge in [-0.1, -0.05) is 24.6 Å². The van der Waals surface area contributed by atoms with Gasteiger partial charge in [-0.2, -0.15) is 0 Å². The number of hydrogen-bond donors (Lipinski definition) is 0. The number of alkyl halides is 1. The molecule has 0 N–H and O–H groups in total. The van der Waals surface area contributed by atoms with Crippen LogP contribution in [-0.2, 0) is 0 Å². The van der Waals surface area contributed by atoms with Crippen LogP contribution in [0.15, 0.2) is 11.1 Å². The molecular weight excluding hydrogens is 131 g/mol. The first-order valence-electron chi connectivity index (χ1n) is 2.21. The minimum absolute atomic E-state index is 0.440. The molecule has 0 radical (unpaired) electrons. The summed E-state index contributed by atoms with van der Waals surface area (Å²) < 4.78 is 0. The fourth-order valence-corrected chi connectivity index (χ4v) is 0.539. The Bertz CT molecular complexity index is 66.5. The zero-order valence-corrected chi connectivity index (χ0v) is 5.76. The lowest BCUT2D eigenvalue weighted by atomic mass is 10.4. The molecule has 0 nitrogen and oxygen atoms in total. The summed E-state index contributed by atoms with van der Waals surface area (Å²) in [4.78, 5) is 0. The molecule has 0 aliphatic rings. The van der Waals surface area contributed by atoms with Crippen LogP contribution in [0.25, 0.3) is 0 Å². The molecule has 0 unspecified atom stereocenters. The maximum atomic E-state index is 5.49. The normalized spacial score (nSPS) is 12.1. The first-order valence-corrected chi connectivity index (χ1v) is 3.13. The molecule has 7 heavy (non-hydrogen) atoms. The highest BCUT2D eigenvalue weighted by Gasteiger charge is 1.81. The molecular formula is C5H8Cl2. The molecule has 0 aromatic rings. The van der Waals surface area contributed by atoms with Crippen LogP contribution < -0.4 is 0 Å². The van der Waals surface area contributed by atoms with E-state index < -0.39 is 0 Å². The van der Waals surface area contributed by atoms with Gasteiger partial charge in [-0.05, 0) is 6.42 Å². The molecule has 2 heteroatoms. The fraction of sp³-hybridized carbons (Fsp3) is 0.600. The lowest BCUT2D eigenvalue weighted by molar-refractivity contribution is 1.21. The van der Waals surface area contributed by atoms with Crippen molar-refractivity contribution < 1.29 is 0 Å². The summed E-state index contributed by atoms with van der Waals surface area (Å²) in [6.45, 7) is 2.02. The molecule has 0 amide bonds. The van der Waals surface area contributed by atoms with Gasteiger partial charge in [0, 0.05) is 5.03 Å². The number of allylic oxidation sites excluding steroid dienone is 2. The quantitative estimate of drug-likeness (QED) is 0.516. The van der Waals surface area contributed by atoms with Crippen molar-refractivity contribution in [3.8, 4) is 0 Å². The molecule has 0 saturated heterocycles. The first-order chi connectivity index (χ1) is 3.31. The summed E-state index contributed by atoms with van der Waals surface area (Å²) in [5, 5.41) is 0.740. The van der Waals surface area contributed by atoms with Crippen LogP contribution in [0.2, 0.25) is 0 Å². The van der Waals surface area contributed by atoms with Crippen molar-refractivity contribution >= 4 is 23.2 Å². The summed E-state index contributed by atoms with van der Waals surface area (Å²) in [5.41, 5.74) is 0. The van der Waals surface area contributed by atoms with Crippen molar-refractivity contribution in [1.82, 2.24) is 0 Å². The molecule has 0 bridgehead atoms. The minimum atomic E-state index is 0.440. The summed E-state index contributed by atoms with van der Waals surface area (Å²) in [7, 11) is 0. The van der Waals surface area contributed by atoms with E-state index in [1.165, 1.54) is 0 Å². The van der Waals surface area contributed by atoms with Gasteiger partial charge in [-0.3, -0.25) is 0 Å².